The van der Waals surface area contributed by atoms with Gasteiger partial charge in [-0.1, -0.05) is 59.4 Å². The van der Waals surface area contributed by atoms with Gasteiger partial charge in [-0.3, -0.25) is 9.69 Å². The van der Waals surface area contributed by atoms with Crippen LogP contribution in [0, 0.1) is 18.3 Å². The minimum Gasteiger partial charge on any atom is -0.389 e. The lowest BCUT2D eigenvalue weighted by Gasteiger charge is -2.40. The van der Waals surface area contributed by atoms with Gasteiger partial charge in [0, 0.05) is 44.8 Å². The zero-order valence-electron chi connectivity index (χ0n) is 24.3. The highest BCUT2D eigenvalue weighted by Crippen LogP contribution is 2.38. The molecule has 2 aliphatic heterocycles. The van der Waals surface area contributed by atoms with Crippen molar-refractivity contribution >= 4 is 49.6 Å². The maximum Gasteiger partial charge on any atom is 0.236 e. The molecule has 11 nitrogen and oxygen atoms in total. The SMILES string of the molecule is CCc1nc2sc(N3CCCC(N(C)CC(=O)N4CC(O)C4)C3)nn2c1N(C)c1nc(-c2ccc(C)cc2)c(C#N)s1. The number of aliphatic hydroxyl groups is 1. The van der Waals surface area contributed by atoms with E-state index in [1.807, 2.05) is 54.7 Å². The van der Waals surface area contributed by atoms with Gasteiger partial charge in [0.25, 0.3) is 0 Å². The van der Waals surface area contributed by atoms with Crippen LogP contribution >= 0.6 is 22.7 Å². The molecule has 42 heavy (non-hydrogen) atoms. The molecule has 3 aromatic heterocycles. The zero-order chi connectivity index (χ0) is 29.5. The lowest BCUT2D eigenvalue weighted by Crippen LogP contribution is -2.57. The largest absolute Gasteiger partial charge is 0.389 e. The number of β-amino-alcohol motifs (C(OH)–C–C–N with tert-alkyl or cyclic N) is 1. The van der Waals surface area contributed by atoms with E-state index in [4.69, 9.17) is 15.1 Å². The molecule has 2 fully saturated rings. The van der Waals surface area contributed by atoms with Gasteiger partial charge >= 0.3 is 0 Å². The van der Waals surface area contributed by atoms with E-state index < -0.39 is 0 Å². The molecule has 1 N–H and O–H groups in total. The quantitative estimate of drug-likeness (QED) is 0.322. The lowest BCUT2D eigenvalue weighted by molar-refractivity contribution is -0.142. The number of anilines is 3. The van der Waals surface area contributed by atoms with Crippen molar-refractivity contribution in [1.82, 2.24) is 29.4 Å². The first-order chi connectivity index (χ1) is 20.2. The number of nitrogens with zero attached hydrogens (tertiary/aromatic N) is 9. The number of amides is 1. The van der Waals surface area contributed by atoms with Gasteiger partial charge in [0.15, 0.2) is 10.9 Å². The molecule has 1 aromatic carbocycles. The second kappa shape index (κ2) is 11.6. The van der Waals surface area contributed by atoms with Gasteiger partial charge in [0.1, 0.15) is 16.6 Å². The van der Waals surface area contributed by atoms with Crippen molar-refractivity contribution in [2.75, 3.05) is 56.6 Å². The van der Waals surface area contributed by atoms with Gasteiger partial charge in [-0.2, -0.15) is 9.78 Å². The number of hydrogen-bond donors (Lipinski definition) is 1. The molecule has 0 radical (unpaired) electrons. The summed E-state index contributed by atoms with van der Waals surface area (Å²) in [5.74, 6) is 0.927. The molecule has 1 amide bonds. The molecule has 13 heteroatoms. The smallest absolute Gasteiger partial charge is 0.236 e. The number of imidazole rings is 1. The van der Waals surface area contributed by atoms with Gasteiger partial charge in [-0.25, -0.2) is 9.97 Å². The maximum atomic E-state index is 12.6. The fourth-order valence-electron chi connectivity index (χ4n) is 5.59. The van der Waals surface area contributed by atoms with Crippen LogP contribution in [0.2, 0.25) is 0 Å². The van der Waals surface area contributed by atoms with Crippen molar-refractivity contribution in [3.8, 4) is 17.3 Å². The fraction of sp³-hybridized carbons (Fsp3) is 0.483. The Morgan fingerprint density at radius 1 is 1.17 bits per heavy atom. The predicted octanol–water partition coefficient (Wildman–Crippen LogP) is 3.53. The van der Waals surface area contributed by atoms with Crippen LogP contribution in [0.1, 0.15) is 35.9 Å². The first-order valence-corrected chi connectivity index (χ1v) is 15.9. The molecule has 220 valence electrons. The Morgan fingerprint density at radius 2 is 1.93 bits per heavy atom. The Hall–Kier alpha value is -3.57. The summed E-state index contributed by atoms with van der Waals surface area (Å²) in [4.78, 5) is 31.9. The van der Waals surface area contributed by atoms with E-state index in [9.17, 15) is 15.2 Å². The normalized spacial score (nSPS) is 17.6. The molecule has 0 spiro atoms. The monoisotopic (exact) mass is 605 g/mol. The van der Waals surface area contributed by atoms with Crippen molar-refractivity contribution in [2.45, 2.75) is 45.3 Å². The standard InChI is InChI=1S/C29H35N9O2S2/c1-5-22-26(35(4)27-32-25(23(13-30)41-27)19-10-8-18(2)9-11-19)38-28(31-22)42-29(33-38)36-12-6-7-20(14-36)34(3)17-24(40)37-15-21(39)16-37/h8-11,20-21,39H,5-7,12,14-17H2,1-4H3. The van der Waals surface area contributed by atoms with Crippen molar-refractivity contribution in [3.63, 3.8) is 0 Å². The number of benzene rings is 1. The first kappa shape index (κ1) is 28.5. The third-order valence-electron chi connectivity index (χ3n) is 8.11. The van der Waals surface area contributed by atoms with Crippen LogP contribution < -0.4 is 9.80 Å². The second-order valence-corrected chi connectivity index (χ2v) is 13.0. The van der Waals surface area contributed by atoms with Crippen molar-refractivity contribution < 1.29 is 9.90 Å². The molecule has 0 bridgehead atoms. The van der Waals surface area contributed by atoms with Crippen molar-refractivity contribution in [2.24, 2.45) is 0 Å². The Morgan fingerprint density at radius 3 is 2.62 bits per heavy atom. The summed E-state index contributed by atoms with van der Waals surface area (Å²) in [6, 6.07) is 10.6. The molecule has 4 aromatic rings. The Labute approximate surface area is 253 Å². The molecular weight excluding hydrogens is 571 g/mol. The van der Waals surface area contributed by atoms with Crippen LogP contribution in [0.25, 0.3) is 16.2 Å². The highest BCUT2D eigenvalue weighted by atomic mass is 32.1. The highest BCUT2D eigenvalue weighted by Gasteiger charge is 2.32. The zero-order valence-corrected chi connectivity index (χ0v) is 26.0. The summed E-state index contributed by atoms with van der Waals surface area (Å²) >= 11 is 2.94. The molecule has 6 rings (SSSR count). The number of aryl methyl sites for hydroxylation is 2. The van der Waals surface area contributed by atoms with Crippen LogP contribution in [0.5, 0.6) is 0 Å². The summed E-state index contributed by atoms with van der Waals surface area (Å²) in [7, 11) is 3.96. The first-order valence-electron chi connectivity index (χ1n) is 14.3. The number of carbonyl (C=O) groups excluding carboxylic acids is 1. The van der Waals surface area contributed by atoms with E-state index in [0.29, 0.717) is 35.3 Å². The number of likely N-dealkylation sites (tertiary alicyclic amines) is 1. The molecule has 1 atom stereocenters. The number of likely N-dealkylation sites (N-methyl/N-ethyl adjacent to an activating group) is 1. The molecule has 2 saturated heterocycles. The summed E-state index contributed by atoms with van der Waals surface area (Å²) in [6.07, 6.45) is 2.39. The average molecular weight is 606 g/mol. The Kier molecular flexibility index (Phi) is 7.89. The molecule has 5 heterocycles. The van der Waals surface area contributed by atoms with E-state index in [-0.39, 0.29) is 18.1 Å². The number of carbonyl (C=O) groups is 1. The molecule has 0 saturated carbocycles. The Balaban J connectivity index is 1.23. The predicted molar refractivity (Wildman–Crippen MR) is 166 cm³/mol. The summed E-state index contributed by atoms with van der Waals surface area (Å²) in [6.45, 7) is 7.03. The van der Waals surface area contributed by atoms with Gasteiger partial charge in [0.05, 0.1) is 18.3 Å². The minimum atomic E-state index is -0.385. The minimum absolute atomic E-state index is 0.0692. The Bertz CT molecular complexity index is 1630. The van der Waals surface area contributed by atoms with E-state index in [1.54, 1.807) is 16.2 Å². The van der Waals surface area contributed by atoms with Gasteiger partial charge < -0.3 is 19.8 Å². The van der Waals surface area contributed by atoms with Crippen LogP contribution in [0.3, 0.4) is 0 Å². The molecule has 1 unspecified atom stereocenters. The van der Waals surface area contributed by atoms with E-state index in [0.717, 1.165) is 65.1 Å². The highest BCUT2D eigenvalue weighted by molar-refractivity contribution is 7.20. The average Bonchev–Trinajstić information content (AvgIpc) is 3.68. The lowest BCUT2D eigenvalue weighted by atomic mass is 10.0. The van der Waals surface area contributed by atoms with Gasteiger partial charge in [-0.05, 0) is 33.2 Å². The van der Waals surface area contributed by atoms with Crippen molar-refractivity contribution in [3.05, 3.63) is 40.4 Å². The number of thiazole rings is 1. The third-order valence-corrected chi connectivity index (χ3v) is 10.1. The number of piperidine rings is 1. The summed E-state index contributed by atoms with van der Waals surface area (Å²) in [5.41, 5.74) is 3.70. The number of rotatable bonds is 8. The van der Waals surface area contributed by atoms with Crippen LogP contribution in [0.4, 0.5) is 16.1 Å². The summed E-state index contributed by atoms with van der Waals surface area (Å²) < 4.78 is 1.91. The van der Waals surface area contributed by atoms with Gasteiger partial charge in [-0.15, -0.1) is 5.10 Å². The van der Waals surface area contributed by atoms with E-state index in [1.165, 1.54) is 11.3 Å². The maximum absolute atomic E-state index is 12.6. The number of hydrogen-bond acceptors (Lipinski definition) is 11. The number of fused-ring (bicyclic) bond motifs is 1. The fourth-order valence-corrected chi connectivity index (χ4v) is 7.38. The second-order valence-electron chi connectivity index (χ2n) is 11.1. The number of aliphatic hydroxyl groups excluding tert-OH is 1. The van der Waals surface area contributed by atoms with Gasteiger partial charge in [0.2, 0.25) is 16.0 Å². The molecule has 2 aliphatic rings. The van der Waals surface area contributed by atoms with Crippen LogP contribution in [-0.4, -0.2) is 99.4 Å². The summed E-state index contributed by atoms with van der Waals surface area (Å²) in [5, 5.41) is 26.1. The number of aromatic nitrogens is 4. The molecular formula is C29H35N9O2S2. The van der Waals surface area contributed by atoms with Crippen molar-refractivity contribution in [1.29, 1.82) is 5.26 Å². The third kappa shape index (κ3) is 5.35. The molecule has 0 aliphatic carbocycles. The topological polar surface area (TPSA) is 117 Å². The van der Waals surface area contributed by atoms with E-state index >= 15 is 0 Å². The van der Waals surface area contributed by atoms with E-state index in [2.05, 4.69) is 22.8 Å². The number of nitriles is 1. The van der Waals surface area contributed by atoms with Crippen LogP contribution in [-0.2, 0) is 11.2 Å². The van der Waals surface area contributed by atoms with Crippen LogP contribution in [0.15, 0.2) is 24.3 Å².